The van der Waals surface area contributed by atoms with Crippen molar-refractivity contribution in [2.75, 3.05) is 0 Å². The first-order chi connectivity index (χ1) is 4.00. The third kappa shape index (κ3) is 4890. The van der Waals surface area contributed by atoms with Gasteiger partial charge in [0.2, 0.25) is 0 Å². The van der Waals surface area contributed by atoms with E-state index in [2.05, 4.69) is 0 Å². The van der Waals surface area contributed by atoms with E-state index in [-0.39, 0.29) is 20.4 Å². The van der Waals surface area contributed by atoms with E-state index in [0.29, 0.717) is 0 Å². The van der Waals surface area contributed by atoms with Crippen molar-refractivity contribution in [1.82, 2.24) is 0 Å². The van der Waals surface area contributed by atoms with E-state index in [1.165, 1.54) is 0 Å². The number of hydrogen-bond donors (Lipinski definition) is 0. The molecule has 0 rings (SSSR count). The number of nitroso groups, excluding NO2 is 2. The van der Waals surface area contributed by atoms with E-state index < -0.39 is 10.4 Å². The first-order valence-corrected chi connectivity index (χ1v) is 2.37. The number of nitrogens with zero attached hydrogens (tertiary/aromatic N) is 2. The second-order valence-corrected chi connectivity index (χ2v) is 1.22. The summed E-state index contributed by atoms with van der Waals surface area (Å²) in [7, 11) is -5.17. The number of hydrogen-bond acceptors (Lipinski definition) is 6. The maximum Gasteiger partial charge on any atom is 2.00 e. The van der Waals surface area contributed by atoms with Crippen LogP contribution < -0.4 is 0 Å². The Kier molecular flexibility index (Phi) is 35.9. The fourth-order valence-electron chi connectivity index (χ4n) is 0. The molecular weight excluding hydrogens is 262 g/mol. The van der Waals surface area contributed by atoms with Gasteiger partial charge in [-0.2, -0.15) is 0 Å². The monoisotopic (exact) mass is 262 g/mol. The molecule has 0 saturated carbocycles. The summed E-state index contributed by atoms with van der Waals surface area (Å²) in [5.41, 5.74) is 11.5. The van der Waals surface area contributed by atoms with Crippen molar-refractivity contribution in [2.45, 2.75) is 0 Å². The summed E-state index contributed by atoms with van der Waals surface area (Å²) in [6.07, 6.45) is 0. The van der Waals surface area contributed by atoms with Crippen LogP contribution >= 0.6 is 0 Å². The largest absolute Gasteiger partial charge is 2.00 e. The zero-order valence-corrected chi connectivity index (χ0v) is 6.44. The van der Waals surface area contributed by atoms with Crippen molar-refractivity contribution in [3.8, 4) is 0 Å². The molecule has 10 heteroatoms. The Labute approximate surface area is 69.8 Å². The van der Waals surface area contributed by atoms with Gasteiger partial charge in [0.15, 0.2) is 0 Å². The van der Waals surface area contributed by atoms with Gasteiger partial charge in [-0.1, -0.05) is 0 Å². The maximum absolute atomic E-state index is 8.52. The predicted octanol–water partition coefficient (Wildman–Crippen LogP) is -0.696. The van der Waals surface area contributed by atoms with Crippen molar-refractivity contribution in [3.63, 3.8) is 0 Å². The van der Waals surface area contributed by atoms with Crippen LogP contribution in [0.4, 0.5) is 0 Å². The molecule has 0 saturated heterocycles. The van der Waals surface area contributed by atoms with E-state index in [1.807, 2.05) is 0 Å². The van der Waals surface area contributed by atoms with Gasteiger partial charge in [0, 0.05) is 10.4 Å². The molecule has 8 nitrogen and oxygen atoms in total. The van der Waals surface area contributed by atoms with Gasteiger partial charge in [0.25, 0.3) is 0 Å². The topological polar surface area (TPSA) is 159 Å². The van der Waals surface area contributed by atoms with Crippen LogP contribution in [-0.4, -0.2) is 17.5 Å². The second kappa shape index (κ2) is 15.9. The van der Waals surface area contributed by atoms with Crippen molar-refractivity contribution >= 4 is 10.4 Å². The molecule has 0 aromatic carbocycles. The summed E-state index contributed by atoms with van der Waals surface area (Å²) in [6.45, 7) is 0. The third-order valence-corrected chi connectivity index (χ3v) is 0. The van der Waals surface area contributed by atoms with Crippen LogP contribution in [0, 0.1) is 9.81 Å². The molecule has 0 aliphatic heterocycles. The van der Waals surface area contributed by atoms with Gasteiger partial charge in [-0.25, -0.2) is 0 Å². The summed E-state index contributed by atoms with van der Waals surface area (Å²) in [5.74, 6) is 0. The Hall–Kier alpha value is -0.268. The zero-order valence-electron chi connectivity index (χ0n) is 4.07. The minimum atomic E-state index is -5.17. The third-order valence-electron chi connectivity index (χ3n) is 0. The average molecular weight is 262 g/mol. The Bertz CT molecular complexity index is 119. The molecule has 0 N–H and O–H groups in total. The summed E-state index contributed by atoms with van der Waals surface area (Å²) >= 11 is 0. The molecule has 0 heterocycles. The van der Waals surface area contributed by atoms with Gasteiger partial charge in [0.1, 0.15) is 0 Å². The van der Waals surface area contributed by atoms with Crippen molar-refractivity contribution in [1.29, 1.82) is 0 Å². The van der Waals surface area contributed by atoms with E-state index in [9.17, 15) is 0 Å². The molecule has 10 heavy (non-hydrogen) atoms. The molecule has 0 amide bonds. The van der Waals surface area contributed by atoms with Gasteiger partial charge >= 0.3 is 20.4 Å². The molecule has 0 radical (unpaired) electrons. The SMILES string of the molecule is O=S(=O)([O-])[O-].[N-]=O.[N-]=O.[Pd+2]. The van der Waals surface area contributed by atoms with E-state index in [1.54, 1.807) is 0 Å². The molecule has 0 aliphatic rings. The Balaban J connectivity index is -0.0000000315. The predicted molar refractivity (Wildman–Crippen MR) is 23.9 cm³/mol. The van der Waals surface area contributed by atoms with Crippen LogP contribution in [0.1, 0.15) is 0 Å². The Morgan fingerprint density at radius 3 is 0.900 bits per heavy atom. The quantitative estimate of drug-likeness (QED) is 0.319. The molecule has 0 spiro atoms. The summed E-state index contributed by atoms with van der Waals surface area (Å²) in [4.78, 5) is 14.5. The summed E-state index contributed by atoms with van der Waals surface area (Å²) in [6, 6.07) is 0. The Morgan fingerprint density at radius 1 is 0.900 bits per heavy atom. The molecule has 0 bridgehead atoms. The van der Waals surface area contributed by atoms with Crippen molar-refractivity contribution in [3.05, 3.63) is 21.0 Å². The fourth-order valence-corrected chi connectivity index (χ4v) is 0. The smallest absolute Gasteiger partial charge is 0.759 e. The normalized spacial score (nSPS) is 6.60. The van der Waals surface area contributed by atoms with Crippen LogP contribution in [0.25, 0.3) is 11.2 Å². The molecular formula is N2O6PdS-2. The fraction of sp³-hybridized carbons (Fsp3) is 0. The van der Waals surface area contributed by atoms with Crippen LogP contribution in [0.3, 0.4) is 0 Å². The summed E-state index contributed by atoms with van der Waals surface area (Å²) in [5, 5.41) is 0. The van der Waals surface area contributed by atoms with E-state index in [4.69, 9.17) is 38.5 Å². The molecule has 0 aromatic heterocycles. The van der Waals surface area contributed by atoms with Gasteiger partial charge < -0.3 is 30.1 Å². The molecule has 0 aliphatic carbocycles. The van der Waals surface area contributed by atoms with Gasteiger partial charge in [-0.15, -0.1) is 0 Å². The van der Waals surface area contributed by atoms with Gasteiger partial charge in [0.05, 0.1) is 0 Å². The van der Waals surface area contributed by atoms with Crippen molar-refractivity contribution in [2.24, 2.45) is 0 Å². The number of rotatable bonds is 0. The molecule has 64 valence electrons. The van der Waals surface area contributed by atoms with Gasteiger partial charge in [-0.05, 0) is 0 Å². The standard InChI is InChI=1S/2NO.H2O4S.Pd/c2*1-2;1-5(2,3)4;/h;;(H2,1,2,3,4);/q2*-1;;+2/p-2. The van der Waals surface area contributed by atoms with Crippen molar-refractivity contribution < 1.29 is 37.9 Å². The molecule has 0 atom stereocenters. The zero-order chi connectivity index (χ0) is 8.50. The van der Waals surface area contributed by atoms with Crippen LogP contribution in [0.2, 0.25) is 0 Å². The molecule has 0 unspecified atom stereocenters. The van der Waals surface area contributed by atoms with Crippen LogP contribution in [0.5, 0.6) is 0 Å². The minimum absolute atomic E-state index is 0. The van der Waals surface area contributed by atoms with E-state index in [0.717, 1.165) is 0 Å². The summed E-state index contributed by atoms with van der Waals surface area (Å²) < 4.78 is 34.1. The van der Waals surface area contributed by atoms with E-state index >= 15 is 0 Å². The average Bonchev–Trinajstić information content (AvgIpc) is 1.72. The molecule has 0 aromatic rings. The second-order valence-electron chi connectivity index (χ2n) is 0.408. The first-order valence-electron chi connectivity index (χ1n) is 1.03. The van der Waals surface area contributed by atoms with Crippen LogP contribution in [-0.2, 0) is 30.8 Å². The first kappa shape index (κ1) is 22.6. The Morgan fingerprint density at radius 2 is 0.900 bits per heavy atom. The maximum atomic E-state index is 8.52. The molecule has 0 fully saturated rings. The van der Waals surface area contributed by atoms with Gasteiger partial charge in [-0.3, -0.25) is 8.42 Å². The minimum Gasteiger partial charge on any atom is -0.759 e. The van der Waals surface area contributed by atoms with Crippen LogP contribution in [0.15, 0.2) is 0 Å².